The molecule has 8 aromatic carbocycles. The normalized spacial score (nSPS) is 24.5. The van der Waals surface area contributed by atoms with E-state index in [0.29, 0.717) is 35.5 Å². The van der Waals surface area contributed by atoms with Gasteiger partial charge in [-0.3, -0.25) is 0 Å². The largest absolute Gasteiger partial charge is 0.457 e. The van der Waals surface area contributed by atoms with Crippen molar-refractivity contribution in [2.24, 2.45) is 47.3 Å². The maximum absolute atomic E-state index is 6.65. The van der Waals surface area contributed by atoms with E-state index in [1.807, 2.05) is 0 Å². The first kappa shape index (κ1) is 99.3. The average molecular weight is 1880 g/mol. The van der Waals surface area contributed by atoms with Crippen LogP contribution in [0, 0.1) is 47.3 Å². The van der Waals surface area contributed by atoms with E-state index in [1.54, 1.807) is 27.9 Å². The van der Waals surface area contributed by atoms with Gasteiger partial charge in [0.05, 0.1) is 22.1 Å². The zero-order valence-corrected chi connectivity index (χ0v) is 93.9. The second-order valence-corrected chi connectivity index (χ2v) is 66.7. The Morgan fingerprint density at radius 3 is 1.18 bits per heavy atom. The molecule has 10 aliphatic rings. The third-order valence-electron chi connectivity index (χ3n) is 36.0. The average Bonchev–Trinajstić information content (AvgIpc) is 1.54. The first-order valence-corrected chi connectivity index (χ1v) is 63.3. The predicted octanol–water partition coefficient (Wildman–Crippen LogP) is 36.1. The summed E-state index contributed by atoms with van der Waals surface area (Å²) < 4.78 is 20.7. The molecule has 10 aromatic rings. The summed E-state index contributed by atoms with van der Waals surface area (Å²) >= 11 is 0. The minimum atomic E-state index is -1.85. The highest BCUT2D eigenvalue weighted by Gasteiger charge is 2.61. The first-order chi connectivity index (χ1) is 64.3. The summed E-state index contributed by atoms with van der Waals surface area (Å²) in [5, 5.41) is 5.28. The van der Waals surface area contributed by atoms with Crippen molar-refractivity contribution in [2.45, 2.75) is 388 Å². The summed E-state index contributed by atoms with van der Waals surface area (Å²) in [7, 11) is -5.49. The number of hydrogen-bond donors (Lipinski definition) is 0. The van der Waals surface area contributed by atoms with Crippen molar-refractivity contribution in [3.8, 4) is 22.9 Å². The van der Waals surface area contributed by atoms with Crippen LogP contribution in [-0.4, -0.2) is 81.3 Å². The Bertz CT molecular complexity index is 6300. The molecular weight excluding hydrogens is 1710 g/mol. The quantitative estimate of drug-likeness (QED) is 0.0850. The highest BCUT2D eigenvalue weighted by molar-refractivity contribution is 6.77. The van der Waals surface area contributed by atoms with Crippen LogP contribution < -0.4 is 4.74 Å². The minimum absolute atomic E-state index is 0.0204. The number of rotatable bonds is 17. The van der Waals surface area contributed by atoms with Gasteiger partial charge >= 0.3 is 0 Å². The molecular formula is C128H173N5OSi3. The Hall–Kier alpha value is -7.87. The standard InChI is InChI=1S/C47H71NOSi.C41H52N2Si.C40H50N2Si/c1-12-14-27-47(28-15-13-2)42-31-38(49-37-23-21-35(22-24-37)45(4,5)6)25-26-39(42)41-30-34-29-33(3)44(40(34)32-43(41)47)50(10,11)48(46(7,8)9)36-19-17-16-18-20-36;1-26-22-27-23-33-29-21-20-28(42-36-18-14-12-16-30(36)31-17-13-15-19-37(31)42)24-34(29)41(8,9)35(33)25-32(27)38(26)44(10,11)43(39(2,3)4)40(5,6)7;1-38(2,3)42(39(4,5)6)43(9,10)37-22-19-26-23-32-28-21-20-27(24-33(28)40(7,8)34(32)25-31(26)37)41-35-17-13-11-15-29(35)30-16-12-14-18-36(30)41/h21-26,30-34,36,40,44H,12-20,27-29H2,1-11H3;12-21,23-27,32,38H,22H2,1-11H3;11-18,20-21,23-26,31,37H,19,22H2,1-10H3. The van der Waals surface area contributed by atoms with Gasteiger partial charge in [0, 0.05) is 82.9 Å². The fraction of sp³-hybridized carbons (Fsp3) is 0.531. The van der Waals surface area contributed by atoms with Crippen LogP contribution in [0.25, 0.3) is 71.7 Å². The van der Waals surface area contributed by atoms with E-state index in [4.69, 9.17) is 4.74 Å². The molecule has 0 bridgehead atoms. The topological polar surface area (TPSA) is 28.8 Å². The van der Waals surface area contributed by atoms with Crippen LogP contribution in [0.3, 0.4) is 0 Å². The Kier molecular flexibility index (Phi) is 25.8. The molecule has 2 aromatic heterocycles. The van der Waals surface area contributed by atoms with Crippen LogP contribution in [0.15, 0.2) is 229 Å². The van der Waals surface area contributed by atoms with Crippen LogP contribution >= 0.6 is 0 Å². The van der Waals surface area contributed by atoms with Gasteiger partial charge in [-0.2, -0.15) is 0 Å². The molecule has 2 heterocycles. The number of aromatic nitrogens is 2. The summed E-state index contributed by atoms with van der Waals surface area (Å²) in [4.78, 5) is 0. The number of benzene rings is 8. The highest BCUT2D eigenvalue weighted by atomic mass is 28.3. The molecule has 11 atom stereocenters. The zero-order chi connectivity index (χ0) is 98.3. The summed E-state index contributed by atoms with van der Waals surface area (Å²) in [6.45, 7) is 79.7. The number of unbranched alkanes of at least 4 members (excludes halogenated alkanes) is 2. The fourth-order valence-electron chi connectivity index (χ4n) is 33.0. The summed E-state index contributed by atoms with van der Waals surface area (Å²) in [5.41, 5.74) is 30.5. The molecule has 20 rings (SSSR count). The molecule has 0 spiro atoms. The smallest absolute Gasteiger partial charge is 0.127 e. The van der Waals surface area contributed by atoms with Crippen LogP contribution in [0.5, 0.6) is 11.5 Å². The SMILES string of the molecule is CC1(C)C2=CC3C(C=C2c2ccc(-n4c5ccccc5c5ccccc54)cc21)CCC3[Si](C)(C)N(C(C)(C)C)C(C)(C)C.CC1CC2C=C3C(=CC2C1[Si](C)(C)N(C(C)(C)C)C(C)(C)C)C(C)(C)c1cc(-n2c4ccccc4c4ccccc42)ccc13.CCCCC1(CCCC)C2=CC3C(C=C2c2ccc(Oc4ccc(C(C)(C)C)cc4)cc21)CC(C)C3[Si](C)(C)N(C1CCCCC1)C(C)(C)C. The zero-order valence-electron chi connectivity index (χ0n) is 90.9. The molecule has 0 amide bonds. The van der Waals surface area contributed by atoms with Gasteiger partial charge in [-0.05, 0) is 363 Å². The number of fused-ring (bicyclic) bond motifs is 18. The van der Waals surface area contributed by atoms with Crippen molar-refractivity contribution in [1.82, 2.24) is 22.8 Å². The number of hydrogen-bond acceptors (Lipinski definition) is 4. The minimum Gasteiger partial charge on any atom is -0.457 e. The van der Waals surface area contributed by atoms with E-state index < -0.39 is 24.7 Å². The van der Waals surface area contributed by atoms with Gasteiger partial charge < -0.3 is 27.6 Å². The summed E-state index contributed by atoms with van der Waals surface area (Å²) in [5.74, 6) is 7.22. The van der Waals surface area contributed by atoms with Gasteiger partial charge in [0.15, 0.2) is 0 Å². The van der Waals surface area contributed by atoms with Crippen molar-refractivity contribution in [3.63, 3.8) is 0 Å². The van der Waals surface area contributed by atoms with Crippen molar-refractivity contribution < 1.29 is 4.74 Å². The molecule has 0 aliphatic heterocycles. The highest BCUT2D eigenvalue weighted by Crippen LogP contribution is 2.67. The van der Waals surface area contributed by atoms with Crippen molar-refractivity contribution in [1.29, 1.82) is 0 Å². The number of ether oxygens (including phenoxy) is 1. The molecule has 0 radical (unpaired) electrons. The lowest BCUT2D eigenvalue weighted by Crippen LogP contribution is -2.67. The van der Waals surface area contributed by atoms with Crippen LogP contribution in [0.4, 0.5) is 0 Å². The lowest BCUT2D eigenvalue weighted by molar-refractivity contribution is 0.121. The van der Waals surface area contributed by atoms with E-state index >= 15 is 0 Å². The van der Waals surface area contributed by atoms with Gasteiger partial charge in [0.2, 0.25) is 0 Å². The van der Waals surface area contributed by atoms with E-state index in [2.05, 4.69) is 455 Å². The van der Waals surface area contributed by atoms with Crippen LogP contribution in [0.2, 0.25) is 55.9 Å². The summed E-state index contributed by atoms with van der Waals surface area (Å²) in [6, 6.07) is 66.7. The van der Waals surface area contributed by atoms with Crippen LogP contribution in [-0.2, 0) is 21.7 Å². The predicted molar refractivity (Wildman–Crippen MR) is 601 cm³/mol. The Morgan fingerprint density at radius 1 is 0.372 bits per heavy atom. The molecule has 6 nitrogen and oxygen atoms in total. The van der Waals surface area contributed by atoms with Crippen molar-refractivity contribution in [3.05, 3.63) is 268 Å². The number of allylic oxidation sites excluding steroid dienone is 12. The van der Waals surface area contributed by atoms with Gasteiger partial charge in [0.25, 0.3) is 0 Å². The third-order valence-corrected chi connectivity index (χ3v) is 50.9. The van der Waals surface area contributed by atoms with E-state index in [-0.39, 0.29) is 49.4 Å². The maximum atomic E-state index is 6.65. The van der Waals surface area contributed by atoms with E-state index in [9.17, 15) is 0 Å². The molecule has 10 aliphatic carbocycles. The Balaban J connectivity index is 0.000000137. The lowest BCUT2D eigenvalue weighted by Gasteiger charge is -2.57. The van der Waals surface area contributed by atoms with Gasteiger partial charge in [-0.15, -0.1) is 0 Å². The maximum Gasteiger partial charge on any atom is 0.127 e. The number of nitrogens with zero attached hydrogens (tertiary/aromatic N) is 5. The molecule has 137 heavy (non-hydrogen) atoms. The fourth-order valence-corrected chi connectivity index (χ4v) is 51.6. The molecule has 4 saturated carbocycles. The molecule has 4 fully saturated rings. The van der Waals surface area contributed by atoms with Gasteiger partial charge in [-0.1, -0.05) is 306 Å². The van der Waals surface area contributed by atoms with Crippen molar-refractivity contribution in [2.75, 3.05) is 0 Å². The third kappa shape index (κ3) is 17.2. The monoisotopic (exact) mass is 1880 g/mol. The van der Waals surface area contributed by atoms with E-state index in [1.165, 1.54) is 196 Å². The van der Waals surface area contributed by atoms with Crippen LogP contribution in [0.1, 0.15) is 315 Å². The second kappa shape index (κ2) is 35.6. The molecule has 9 heteroatoms. The first-order valence-electron chi connectivity index (χ1n) is 54.2. The van der Waals surface area contributed by atoms with Crippen molar-refractivity contribution >= 4 is 85.0 Å². The van der Waals surface area contributed by atoms with E-state index in [0.717, 1.165) is 46.0 Å². The number of para-hydroxylation sites is 4. The second-order valence-electron chi connectivity index (χ2n) is 53.3. The molecule has 0 N–H and O–H groups in total. The Labute approximate surface area is 832 Å². The molecule has 728 valence electrons. The van der Waals surface area contributed by atoms with Gasteiger partial charge in [-0.25, -0.2) is 0 Å². The summed E-state index contributed by atoms with van der Waals surface area (Å²) in [6.07, 6.45) is 36.5. The van der Waals surface area contributed by atoms with Gasteiger partial charge in [0.1, 0.15) is 36.2 Å². The Morgan fingerprint density at radius 2 is 0.752 bits per heavy atom. The molecule has 11 unspecified atom stereocenters. The lowest BCUT2D eigenvalue weighted by atomic mass is 9.68. The molecule has 0 saturated heterocycles.